The Labute approximate surface area is 301 Å². The first-order chi connectivity index (χ1) is 25.3. The van der Waals surface area contributed by atoms with E-state index in [-0.39, 0.29) is 32.4 Å². The molecular weight excluding hydrogens is 671 g/mol. The molecule has 0 fully saturated rings. The van der Waals surface area contributed by atoms with Gasteiger partial charge in [0, 0.05) is 7.05 Å². The molecule has 2 aliphatic heterocycles. The van der Waals surface area contributed by atoms with Crippen LogP contribution in [-0.4, -0.2) is 46.9 Å². The van der Waals surface area contributed by atoms with Crippen LogP contribution in [0.2, 0.25) is 0 Å². The fraction of sp³-hybridized carbons (Fsp3) is 0.0698. The van der Waals surface area contributed by atoms with Gasteiger partial charge in [-0.1, -0.05) is 72.8 Å². The van der Waals surface area contributed by atoms with Crippen LogP contribution >= 0.6 is 8.73 Å². The van der Waals surface area contributed by atoms with Gasteiger partial charge in [0.1, 0.15) is 23.0 Å². The molecule has 4 amide bonds. The van der Waals surface area contributed by atoms with E-state index in [1.165, 1.54) is 11.7 Å². The number of imide groups is 2. The van der Waals surface area contributed by atoms with E-state index in [0.29, 0.717) is 45.3 Å². The summed E-state index contributed by atoms with van der Waals surface area (Å²) in [5.74, 6) is 0.706. The standard InChI is InChI=1S/C43H29N2O6P/c1-44-39(46)31-17-13-27(23-35(31)40(44)47)50-29-15-19-37-33(21-29)34-22-30(51-28-14-18-32-36(24-28)42(49)45(52-2)41(32)48)16-20-38(34)43(37,25-9-5-3-6-10-25)26-11-7-4-8-12-26/h3-24,52H,1-2H3. The van der Waals surface area contributed by atoms with Crippen LogP contribution in [0.25, 0.3) is 11.1 Å². The van der Waals surface area contributed by atoms with Crippen molar-refractivity contribution in [2.75, 3.05) is 13.7 Å². The van der Waals surface area contributed by atoms with Gasteiger partial charge in [-0.15, -0.1) is 0 Å². The molecule has 8 nitrogen and oxygen atoms in total. The molecule has 1 aliphatic carbocycles. The lowest BCUT2D eigenvalue weighted by Gasteiger charge is -2.33. The van der Waals surface area contributed by atoms with Gasteiger partial charge in [-0.25, -0.2) is 0 Å². The Bertz CT molecular complexity index is 2480. The number of ether oxygens (including phenoxy) is 2. The number of hydrogen-bond donors (Lipinski definition) is 0. The fourth-order valence-electron chi connectivity index (χ4n) is 7.75. The van der Waals surface area contributed by atoms with Crippen LogP contribution in [-0.2, 0) is 5.41 Å². The van der Waals surface area contributed by atoms with Crippen molar-refractivity contribution in [2.45, 2.75) is 5.41 Å². The minimum atomic E-state index is -0.667. The summed E-state index contributed by atoms with van der Waals surface area (Å²) < 4.78 is 14.0. The van der Waals surface area contributed by atoms with Crippen LogP contribution in [0.3, 0.4) is 0 Å². The number of nitrogens with zero attached hydrogens (tertiary/aromatic N) is 2. The van der Waals surface area contributed by atoms with E-state index in [0.717, 1.165) is 38.3 Å². The first-order valence-electron chi connectivity index (χ1n) is 16.7. The van der Waals surface area contributed by atoms with Crippen molar-refractivity contribution in [2.24, 2.45) is 0 Å². The minimum absolute atomic E-state index is 0.0358. The van der Waals surface area contributed by atoms with Crippen LogP contribution < -0.4 is 9.47 Å². The third-order valence-corrected chi connectivity index (χ3v) is 11.0. The van der Waals surface area contributed by atoms with Gasteiger partial charge < -0.3 is 9.47 Å². The molecule has 0 saturated carbocycles. The van der Waals surface area contributed by atoms with Gasteiger partial charge in [-0.3, -0.25) is 28.7 Å². The second-order valence-electron chi connectivity index (χ2n) is 12.9. The van der Waals surface area contributed by atoms with Gasteiger partial charge in [-0.2, -0.15) is 0 Å². The number of carbonyl (C=O) groups is 4. The first kappa shape index (κ1) is 31.6. The van der Waals surface area contributed by atoms with Gasteiger partial charge in [-0.05, 0) is 109 Å². The molecule has 6 aromatic carbocycles. The smallest absolute Gasteiger partial charge is 0.264 e. The van der Waals surface area contributed by atoms with Crippen molar-refractivity contribution in [1.29, 1.82) is 0 Å². The number of fused-ring (bicyclic) bond motifs is 5. The molecule has 1 unspecified atom stereocenters. The van der Waals surface area contributed by atoms with Crippen LogP contribution in [0.15, 0.2) is 133 Å². The van der Waals surface area contributed by atoms with E-state index in [2.05, 4.69) is 36.4 Å². The van der Waals surface area contributed by atoms with Crippen LogP contribution in [0.5, 0.6) is 23.0 Å². The van der Waals surface area contributed by atoms with Crippen LogP contribution in [0, 0.1) is 0 Å². The molecule has 0 radical (unpaired) electrons. The average molecular weight is 701 g/mol. The van der Waals surface area contributed by atoms with Gasteiger partial charge >= 0.3 is 0 Å². The molecule has 252 valence electrons. The quantitative estimate of drug-likeness (QED) is 0.122. The van der Waals surface area contributed by atoms with Crippen molar-refractivity contribution in [3.63, 3.8) is 0 Å². The number of rotatable bonds is 7. The topological polar surface area (TPSA) is 93.2 Å². The van der Waals surface area contributed by atoms with Gasteiger partial charge in [0.05, 0.1) is 27.7 Å². The molecule has 2 heterocycles. The molecule has 0 bridgehead atoms. The van der Waals surface area contributed by atoms with E-state index in [1.54, 1.807) is 43.1 Å². The third-order valence-electron chi connectivity index (χ3n) is 10.1. The average Bonchev–Trinajstić information content (AvgIpc) is 3.69. The van der Waals surface area contributed by atoms with Crippen molar-refractivity contribution in [1.82, 2.24) is 9.57 Å². The summed E-state index contributed by atoms with van der Waals surface area (Å²) in [6.07, 6.45) is 0. The van der Waals surface area contributed by atoms with Gasteiger partial charge in [0.2, 0.25) is 0 Å². The molecular formula is C43H29N2O6P. The first-order valence-corrected chi connectivity index (χ1v) is 18.2. The molecule has 0 aromatic heterocycles. The zero-order valence-corrected chi connectivity index (χ0v) is 29.0. The Hall–Kier alpha value is -6.37. The summed E-state index contributed by atoms with van der Waals surface area (Å²) in [4.78, 5) is 52.0. The largest absolute Gasteiger partial charge is 0.457 e. The predicted octanol–water partition coefficient (Wildman–Crippen LogP) is 8.68. The van der Waals surface area contributed by atoms with Crippen LogP contribution in [0.4, 0.5) is 0 Å². The van der Waals surface area contributed by atoms with Crippen molar-refractivity contribution >= 4 is 32.4 Å². The fourth-order valence-corrected chi connectivity index (χ4v) is 8.39. The molecule has 0 N–H and O–H groups in total. The third kappa shape index (κ3) is 4.58. The lowest BCUT2D eigenvalue weighted by atomic mass is 9.68. The maximum atomic E-state index is 12.9. The van der Waals surface area contributed by atoms with E-state index < -0.39 is 5.41 Å². The minimum Gasteiger partial charge on any atom is -0.457 e. The summed E-state index contributed by atoms with van der Waals surface area (Å²) >= 11 is 0. The Balaban J connectivity index is 1.18. The van der Waals surface area contributed by atoms with E-state index in [1.807, 2.05) is 60.7 Å². The molecule has 3 aliphatic rings. The number of benzene rings is 6. The summed E-state index contributed by atoms with van der Waals surface area (Å²) in [5, 5.41) is 0. The van der Waals surface area contributed by atoms with Gasteiger partial charge in [0.25, 0.3) is 23.6 Å². The second kappa shape index (κ2) is 11.9. The zero-order valence-electron chi connectivity index (χ0n) is 28.0. The lowest BCUT2D eigenvalue weighted by Crippen LogP contribution is -2.28. The monoisotopic (exact) mass is 700 g/mol. The maximum Gasteiger partial charge on any atom is 0.264 e. The number of hydrogen-bond acceptors (Lipinski definition) is 6. The Morgan fingerprint density at radius 1 is 0.462 bits per heavy atom. The summed E-state index contributed by atoms with van der Waals surface area (Å²) in [7, 11) is 1.51. The van der Waals surface area contributed by atoms with E-state index in [9.17, 15) is 19.2 Å². The SMILES string of the molecule is CPN1C(=O)c2ccc(Oc3ccc4c(c3)-c3cc(Oc5ccc6c(c5)C(=O)N(C)C6=O)ccc3C4(c3ccccc3)c3ccccc3)cc2C1=O. The zero-order chi connectivity index (χ0) is 35.7. The maximum absolute atomic E-state index is 12.9. The number of amides is 4. The van der Waals surface area contributed by atoms with Crippen LogP contribution in [0.1, 0.15) is 63.7 Å². The Kier molecular flexibility index (Phi) is 7.21. The van der Waals surface area contributed by atoms with Crippen molar-refractivity contribution in [3.05, 3.63) is 178 Å². The highest BCUT2D eigenvalue weighted by atomic mass is 31.1. The molecule has 6 aromatic rings. The summed E-state index contributed by atoms with van der Waals surface area (Å²) in [6, 6.07) is 42.7. The van der Waals surface area contributed by atoms with E-state index in [4.69, 9.17) is 9.47 Å². The molecule has 9 heteroatoms. The summed E-state index contributed by atoms with van der Waals surface area (Å²) in [5.41, 5.74) is 6.89. The molecule has 52 heavy (non-hydrogen) atoms. The lowest BCUT2D eigenvalue weighted by molar-refractivity contribution is 0.0690. The van der Waals surface area contributed by atoms with Gasteiger partial charge in [0.15, 0.2) is 0 Å². The number of carbonyl (C=O) groups excluding carboxylic acids is 4. The highest BCUT2D eigenvalue weighted by Gasteiger charge is 2.46. The van der Waals surface area contributed by atoms with Crippen molar-refractivity contribution in [3.8, 4) is 34.1 Å². The molecule has 9 rings (SSSR count). The van der Waals surface area contributed by atoms with E-state index >= 15 is 0 Å². The Morgan fingerprint density at radius 2 is 0.846 bits per heavy atom. The normalized spacial score (nSPS) is 15.3. The molecule has 0 spiro atoms. The predicted molar refractivity (Wildman–Crippen MR) is 198 cm³/mol. The molecule has 1 atom stereocenters. The highest BCUT2D eigenvalue weighted by molar-refractivity contribution is 7.36. The second-order valence-corrected chi connectivity index (χ2v) is 13.7. The Morgan fingerprint density at radius 3 is 1.33 bits per heavy atom. The van der Waals surface area contributed by atoms with Crippen molar-refractivity contribution < 1.29 is 28.7 Å². The summed E-state index contributed by atoms with van der Waals surface area (Å²) in [6.45, 7) is 1.80. The highest BCUT2D eigenvalue weighted by Crippen LogP contribution is 2.57. The molecule has 0 saturated heterocycles.